The molecule has 0 aromatic carbocycles. The van der Waals surface area contributed by atoms with E-state index in [2.05, 4.69) is 29.4 Å². The fourth-order valence-corrected chi connectivity index (χ4v) is 3.14. The molecule has 0 bridgehead atoms. The van der Waals surface area contributed by atoms with E-state index in [1.807, 2.05) is 11.6 Å². The number of nitrogens with zero attached hydrogens (tertiary/aromatic N) is 5. The summed E-state index contributed by atoms with van der Waals surface area (Å²) in [7, 11) is 0. The average Bonchev–Trinajstić information content (AvgIpc) is 3.20. The van der Waals surface area contributed by atoms with Crippen molar-refractivity contribution < 1.29 is 14.3 Å². The third kappa shape index (κ3) is 3.87. The molecule has 26 heavy (non-hydrogen) atoms. The quantitative estimate of drug-likeness (QED) is 0.807. The van der Waals surface area contributed by atoms with Gasteiger partial charge in [-0.1, -0.05) is 0 Å². The van der Waals surface area contributed by atoms with Crippen LogP contribution in [0.2, 0.25) is 0 Å². The summed E-state index contributed by atoms with van der Waals surface area (Å²) in [6, 6.07) is 0.248. The van der Waals surface area contributed by atoms with Crippen molar-refractivity contribution in [3.8, 4) is 0 Å². The van der Waals surface area contributed by atoms with Gasteiger partial charge < -0.3 is 15.0 Å². The monoisotopic (exact) mass is 362 g/mol. The number of amides is 2. The summed E-state index contributed by atoms with van der Waals surface area (Å²) >= 11 is 0. The van der Waals surface area contributed by atoms with Crippen LogP contribution in [-0.4, -0.2) is 69.1 Å². The van der Waals surface area contributed by atoms with Crippen LogP contribution in [-0.2, 0) is 20.9 Å². The second kappa shape index (κ2) is 7.86. The summed E-state index contributed by atoms with van der Waals surface area (Å²) < 4.78 is 8.96. The van der Waals surface area contributed by atoms with E-state index >= 15 is 0 Å². The lowest BCUT2D eigenvalue weighted by molar-refractivity contribution is -0.136. The summed E-state index contributed by atoms with van der Waals surface area (Å²) in [5, 5.41) is 11.6. The van der Waals surface area contributed by atoms with Crippen molar-refractivity contribution in [1.29, 1.82) is 0 Å². The lowest BCUT2D eigenvalue weighted by atomic mass is 10.3. The molecule has 0 saturated carbocycles. The molecule has 3 heterocycles. The van der Waals surface area contributed by atoms with E-state index in [1.165, 1.54) is 0 Å². The van der Waals surface area contributed by atoms with Crippen molar-refractivity contribution in [3.05, 3.63) is 11.9 Å². The van der Waals surface area contributed by atoms with Crippen LogP contribution in [0.15, 0.2) is 6.20 Å². The van der Waals surface area contributed by atoms with Gasteiger partial charge in [-0.15, -0.1) is 0 Å². The number of carbonyl (C=O) groups is 2. The van der Waals surface area contributed by atoms with Crippen LogP contribution in [0.1, 0.15) is 32.0 Å². The second-order valence-electron chi connectivity index (χ2n) is 6.75. The Balaban J connectivity index is 1.53. The second-order valence-corrected chi connectivity index (χ2v) is 6.75. The Bertz CT molecular complexity index is 788. The highest BCUT2D eigenvalue weighted by atomic mass is 16.5. The van der Waals surface area contributed by atoms with Gasteiger partial charge in [0.05, 0.1) is 38.2 Å². The molecule has 0 aliphatic carbocycles. The number of aryl methyl sites for hydroxylation is 2. The molecular formula is C17H26N6O3. The van der Waals surface area contributed by atoms with Crippen LogP contribution in [0.4, 0.5) is 0 Å². The van der Waals surface area contributed by atoms with Gasteiger partial charge in [0.2, 0.25) is 11.8 Å². The predicted octanol–water partition coefficient (Wildman–Crippen LogP) is 0.487. The maximum Gasteiger partial charge on any atom is 0.242 e. The van der Waals surface area contributed by atoms with Gasteiger partial charge in [0, 0.05) is 25.6 Å². The first kappa shape index (κ1) is 18.4. The SMILES string of the molecule is Cc1nn(C(C)C)c2cnn(CCC(=O)NCC(=O)N3CCOCC3)c12. The molecule has 2 aromatic rings. The number of hydrogen-bond donors (Lipinski definition) is 1. The summed E-state index contributed by atoms with van der Waals surface area (Å²) in [6.45, 7) is 8.84. The van der Waals surface area contributed by atoms with E-state index in [-0.39, 0.29) is 30.8 Å². The number of fused-ring (bicyclic) bond motifs is 1. The van der Waals surface area contributed by atoms with E-state index in [9.17, 15) is 9.59 Å². The van der Waals surface area contributed by atoms with Crippen molar-refractivity contribution in [3.63, 3.8) is 0 Å². The molecule has 1 N–H and O–H groups in total. The zero-order valence-electron chi connectivity index (χ0n) is 15.6. The molecule has 0 atom stereocenters. The first-order chi connectivity index (χ1) is 12.5. The van der Waals surface area contributed by atoms with Crippen LogP contribution >= 0.6 is 0 Å². The minimum absolute atomic E-state index is 0.0255. The first-order valence-electron chi connectivity index (χ1n) is 9.00. The molecule has 0 spiro atoms. The Labute approximate surface area is 152 Å². The van der Waals surface area contributed by atoms with Crippen LogP contribution < -0.4 is 5.32 Å². The van der Waals surface area contributed by atoms with Gasteiger partial charge in [-0.05, 0) is 20.8 Å². The number of hydrogen-bond acceptors (Lipinski definition) is 5. The van der Waals surface area contributed by atoms with Gasteiger partial charge in [0.25, 0.3) is 0 Å². The molecule has 0 radical (unpaired) electrons. The molecule has 1 aliphatic rings. The van der Waals surface area contributed by atoms with E-state index < -0.39 is 0 Å². The zero-order valence-corrected chi connectivity index (χ0v) is 15.6. The first-order valence-corrected chi connectivity index (χ1v) is 9.00. The van der Waals surface area contributed by atoms with Crippen molar-refractivity contribution in [2.75, 3.05) is 32.8 Å². The van der Waals surface area contributed by atoms with Gasteiger partial charge in [-0.2, -0.15) is 10.2 Å². The van der Waals surface area contributed by atoms with Crippen molar-refractivity contribution >= 4 is 22.8 Å². The Kier molecular flexibility index (Phi) is 5.55. The van der Waals surface area contributed by atoms with Crippen LogP contribution in [0.5, 0.6) is 0 Å². The lowest BCUT2D eigenvalue weighted by Gasteiger charge is -2.26. The van der Waals surface area contributed by atoms with Gasteiger partial charge in [-0.25, -0.2) is 0 Å². The third-order valence-electron chi connectivity index (χ3n) is 4.51. The molecule has 9 nitrogen and oxygen atoms in total. The van der Waals surface area contributed by atoms with Crippen LogP contribution in [0.25, 0.3) is 11.0 Å². The minimum Gasteiger partial charge on any atom is -0.378 e. The molecule has 142 valence electrons. The van der Waals surface area contributed by atoms with Gasteiger partial charge in [-0.3, -0.25) is 19.0 Å². The molecule has 3 rings (SSSR count). The molecule has 0 unspecified atom stereocenters. The van der Waals surface area contributed by atoms with E-state index in [4.69, 9.17) is 4.74 Å². The van der Waals surface area contributed by atoms with Gasteiger partial charge in [0.1, 0.15) is 11.0 Å². The van der Waals surface area contributed by atoms with Crippen molar-refractivity contribution in [1.82, 2.24) is 29.8 Å². The number of aromatic nitrogens is 4. The fraction of sp³-hybridized carbons (Fsp3) is 0.647. The summed E-state index contributed by atoms with van der Waals surface area (Å²) in [4.78, 5) is 25.9. The highest BCUT2D eigenvalue weighted by Crippen LogP contribution is 2.21. The van der Waals surface area contributed by atoms with Gasteiger partial charge in [0.15, 0.2) is 0 Å². The van der Waals surface area contributed by atoms with Crippen LogP contribution in [0.3, 0.4) is 0 Å². The summed E-state index contributed by atoms with van der Waals surface area (Å²) in [5.74, 6) is -0.235. The highest BCUT2D eigenvalue weighted by Gasteiger charge is 2.18. The minimum atomic E-state index is -0.163. The van der Waals surface area contributed by atoms with E-state index in [0.717, 1.165) is 16.7 Å². The van der Waals surface area contributed by atoms with E-state index in [1.54, 1.807) is 15.8 Å². The standard InChI is InChI=1S/C17H26N6O3/c1-12(2)23-14-10-19-22(17(14)13(3)20-23)5-4-15(24)18-11-16(25)21-6-8-26-9-7-21/h10,12H,4-9,11H2,1-3H3,(H,18,24). The molecule has 1 saturated heterocycles. The zero-order chi connectivity index (χ0) is 18.7. The topological polar surface area (TPSA) is 94.3 Å². The van der Waals surface area contributed by atoms with Crippen molar-refractivity contribution in [2.24, 2.45) is 0 Å². The highest BCUT2D eigenvalue weighted by molar-refractivity contribution is 5.85. The maximum atomic E-state index is 12.1. The molecule has 1 aliphatic heterocycles. The van der Waals surface area contributed by atoms with Crippen molar-refractivity contribution in [2.45, 2.75) is 39.8 Å². The maximum absolute atomic E-state index is 12.1. The summed E-state index contributed by atoms with van der Waals surface area (Å²) in [6.07, 6.45) is 2.05. The van der Waals surface area contributed by atoms with Gasteiger partial charge >= 0.3 is 0 Å². The summed E-state index contributed by atoms with van der Waals surface area (Å²) in [5.41, 5.74) is 2.82. The number of nitrogens with one attached hydrogen (secondary N) is 1. The Hall–Kier alpha value is -2.42. The molecule has 2 aromatic heterocycles. The Morgan fingerprint density at radius 2 is 2.04 bits per heavy atom. The third-order valence-corrected chi connectivity index (χ3v) is 4.51. The van der Waals surface area contributed by atoms with E-state index in [0.29, 0.717) is 32.8 Å². The lowest BCUT2D eigenvalue weighted by Crippen LogP contribution is -2.45. The molecule has 9 heteroatoms. The predicted molar refractivity (Wildman–Crippen MR) is 95.7 cm³/mol. The number of morpholine rings is 1. The molecular weight excluding hydrogens is 336 g/mol. The molecule has 2 amide bonds. The molecule has 1 fully saturated rings. The fourth-order valence-electron chi connectivity index (χ4n) is 3.14. The normalized spacial score (nSPS) is 15.0. The Morgan fingerprint density at radius 3 is 2.73 bits per heavy atom. The van der Waals surface area contributed by atoms with Crippen LogP contribution in [0, 0.1) is 6.92 Å². The average molecular weight is 362 g/mol. The number of ether oxygens (including phenoxy) is 1. The number of rotatable bonds is 6. The smallest absolute Gasteiger partial charge is 0.242 e. The number of carbonyl (C=O) groups excluding carboxylic acids is 2. The largest absolute Gasteiger partial charge is 0.378 e. The Morgan fingerprint density at radius 1 is 1.31 bits per heavy atom.